The van der Waals surface area contributed by atoms with Crippen molar-refractivity contribution in [2.24, 2.45) is 0 Å². The maximum absolute atomic E-state index is 11.7. The molecule has 1 aromatic rings. The third-order valence-corrected chi connectivity index (χ3v) is 1.69. The van der Waals surface area contributed by atoms with Crippen molar-refractivity contribution in [3.05, 3.63) is 30.3 Å². The van der Waals surface area contributed by atoms with Crippen LogP contribution in [0.1, 0.15) is 6.92 Å². The van der Waals surface area contributed by atoms with Gasteiger partial charge in [0.15, 0.2) is 0 Å². The van der Waals surface area contributed by atoms with Gasteiger partial charge in [-0.25, -0.2) is 9.59 Å². The lowest BCUT2D eigenvalue weighted by Crippen LogP contribution is -2.27. The van der Waals surface area contributed by atoms with Crippen molar-refractivity contribution in [3.63, 3.8) is 0 Å². The highest BCUT2D eigenvalue weighted by molar-refractivity contribution is 5.78. The zero-order chi connectivity index (χ0) is 17.4. The van der Waals surface area contributed by atoms with Crippen LogP contribution in [-0.4, -0.2) is 30.9 Å². The number of benzene rings is 1. The second-order valence-electron chi connectivity index (χ2n) is 3.42. The third-order valence-electron chi connectivity index (χ3n) is 1.69. The molecule has 0 aromatic heterocycles. The number of alkyl halides is 6. The van der Waals surface area contributed by atoms with Gasteiger partial charge < -0.3 is 9.47 Å². The first-order valence-corrected chi connectivity index (χ1v) is 5.56. The molecule has 0 heterocycles. The van der Waals surface area contributed by atoms with Crippen molar-refractivity contribution >= 4 is 11.9 Å². The molecule has 1 aromatic carbocycles. The molecule has 0 aliphatic heterocycles. The van der Waals surface area contributed by atoms with Crippen LogP contribution in [0.2, 0.25) is 0 Å². The first-order valence-electron chi connectivity index (χ1n) is 5.56. The second-order valence-corrected chi connectivity index (χ2v) is 3.42. The van der Waals surface area contributed by atoms with E-state index in [2.05, 4.69) is 9.47 Å². The lowest BCUT2D eigenvalue weighted by atomic mass is 10.3. The SMILES string of the molecule is CCOC(=O)C(F)(F)F.O=C(Oc1ccccc1)C(F)(F)F. The molecule has 0 spiro atoms. The molecule has 0 fully saturated rings. The van der Waals surface area contributed by atoms with Gasteiger partial charge in [0.1, 0.15) is 5.75 Å². The Labute approximate surface area is 120 Å². The van der Waals surface area contributed by atoms with Gasteiger partial charge in [0, 0.05) is 0 Å². The van der Waals surface area contributed by atoms with Crippen LogP contribution in [0.15, 0.2) is 30.3 Å². The van der Waals surface area contributed by atoms with Crippen molar-refractivity contribution in [2.75, 3.05) is 6.61 Å². The molecule has 0 unspecified atom stereocenters. The molecule has 0 saturated heterocycles. The van der Waals surface area contributed by atoms with E-state index >= 15 is 0 Å². The number of hydrogen-bond donors (Lipinski definition) is 0. The van der Waals surface area contributed by atoms with Crippen LogP contribution in [0, 0.1) is 0 Å². The van der Waals surface area contributed by atoms with Crippen LogP contribution in [0.5, 0.6) is 5.75 Å². The van der Waals surface area contributed by atoms with Crippen LogP contribution in [0.4, 0.5) is 26.3 Å². The fraction of sp³-hybridized carbons (Fsp3) is 0.333. The Morgan fingerprint density at radius 2 is 1.36 bits per heavy atom. The summed E-state index contributed by atoms with van der Waals surface area (Å²) in [6.07, 6.45) is -9.80. The van der Waals surface area contributed by atoms with Gasteiger partial charge in [-0.15, -0.1) is 0 Å². The quantitative estimate of drug-likeness (QED) is 0.474. The van der Waals surface area contributed by atoms with Gasteiger partial charge in [0.05, 0.1) is 6.61 Å². The Hall–Kier alpha value is -2.26. The Morgan fingerprint density at radius 1 is 0.909 bits per heavy atom. The minimum Gasteiger partial charge on any atom is -0.459 e. The highest BCUT2D eigenvalue weighted by atomic mass is 19.4. The Balaban J connectivity index is 0.000000433. The van der Waals surface area contributed by atoms with Gasteiger partial charge in [0.25, 0.3) is 0 Å². The number of halogens is 6. The van der Waals surface area contributed by atoms with Crippen LogP contribution >= 0.6 is 0 Å². The number of esters is 2. The molecule has 0 aliphatic rings. The molecule has 0 aliphatic carbocycles. The number of hydrogen-bond acceptors (Lipinski definition) is 4. The van der Waals surface area contributed by atoms with E-state index in [1.165, 1.54) is 31.2 Å². The Kier molecular flexibility index (Phi) is 7.40. The van der Waals surface area contributed by atoms with Crippen molar-refractivity contribution < 1.29 is 45.4 Å². The summed E-state index contributed by atoms with van der Waals surface area (Å²) < 4.78 is 76.1. The summed E-state index contributed by atoms with van der Waals surface area (Å²) in [5, 5.41) is 0. The summed E-state index contributed by atoms with van der Waals surface area (Å²) in [6, 6.07) is 7.08. The lowest BCUT2D eigenvalue weighted by molar-refractivity contribution is -0.199. The van der Waals surface area contributed by atoms with E-state index in [1.807, 2.05) is 0 Å². The molecular weight excluding hydrogens is 322 g/mol. The molecule has 22 heavy (non-hydrogen) atoms. The van der Waals surface area contributed by atoms with Crippen LogP contribution in [-0.2, 0) is 14.3 Å². The summed E-state index contributed by atoms with van der Waals surface area (Å²) in [5.41, 5.74) is 0. The molecule has 0 saturated carbocycles. The monoisotopic (exact) mass is 332 g/mol. The van der Waals surface area contributed by atoms with E-state index in [9.17, 15) is 35.9 Å². The molecule has 124 valence electrons. The zero-order valence-electron chi connectivity index (χ0n) is 11.0. The number of ether oxygens (including phenoxy) is 2. The summed E-state index contributed by atoms with van der Waals surface area (Å²) in [5.74, 6) is -4.46. The summed E-state index contributed by atoms with van der Waals surface area (Å²) in [4.78, 5) is 20.0. The minimum atomic E-state index is -4.95. The van der Waals surface area contributed by atoms with Gasteiger partial charge in [-0.1, -0.05) is 18.2 Å². The fourth-order valence-corrected chi connectivity index (χ4v) is 0.866. The number of para-hydroxylation sites is 1. The first-order chi connectivity index (χ1) is 9.98. The maximum Gasteiger partial charge on any atom is 0.491 e. The van der Waals surface area contributed by atoms with E-state index in [1.54, 1.807) is 6.07 Å². The topological polar surface area (TPSA) is 52.6 Å². The van der Waals surface area contributed by atoms with Gasteiger partial charge in [-0.3, -0.25) is 0 Å². The van der Waals surface area contributed by atoms with E-state index in [0.29, 0.717) is 0 Å². The molecule has 0 bridgehead atoms. The molecule has 1 rings (SSSR count). The van der Waals surface area contributed by atoms with E-state index < -0.39 is 24.3 Å². The van der Waals surface area contributed by atoms with Gasteiger partial charge >= 0.3 is 24.3 Å². The molecule has 0 atom stereocenters. The van der Waals surface area contributed by atoms with Crippen LogP contribution in [0.25, 0.3) is 0 Å². The van der Waals surface area contributed by atoms with Crippen molar-refractivity contribution in [1.29, 1.82) is 0 Å². The van der Waals surface area contributed by atoms with E-state index in [-0.39, 0.29) is 12.4 Å². The van der Waals surface area contributed by atoms with E-state index in [4.69, 9.17) is 0 Å². The molecular formula is C12H10F6O4. The average Bonchev–Trinajstić information content (AvgIpc) is 2.39. The van der Waals surface area contributed by atoms with Gasteiger partial charge in [-0.2, -0.15) is 26.3 Å². The smallest absolute Gasteiger partial charge is 0.459 e. The molecule has 0 N–H and O–H groups in total. The lowest BCUT2D eigenvalue weighted by Gasteiger charge is -2.05. The standard InChI is InChI=1S/C8H5F3O2.C4H5F3O2/c9-8(10,11)7(12)13-6-4-2-1-3-5-6;1-2-9-3(8)4(5,6)7/h1-5H;2H2,1H3. The highest BCUT2D eigenvalue weighted by Gasteiger charge is 2.41. The predicted octanol–water partition coefficient (Wildman–Crippen LogP) is 3.27. The van der Waals surface area contributed by atoms with Crippen molar-refractivity contribution in [3.8, 4) is 5.75 Å². The zero-order valence-corrected chi connectivity index (χ0v) is 11.0. The van der Waals surface area contributed by atoms with Crippen LogP contribution in [0.3, 0.4) is 0 Å². The summed E-state index contributed by atoms with van der Waals surface area (Å²) in [7, 11) is 0. The minimum absolute atomic E-state index is 0.121. The molecule has 4 nitrogen and oxygen atoms in total. The number of carbonyl (C=O) groups excluding carboxylic acids is 2. The second kappa shape index (κ2) is 8.25. The largest absolute Gasteiger partial charge is 0.491 e. The number of rotatable bonds is 2. The molecule has 10 heteroatoms. The number of carbonyl (C=O) groups is 2. The summed E-state index contributed by atoms with van der Waals surface area (Å²) >= 11 is 0. The predicted molar refractivity (Wildman–Crippen MR) is 60.8 cm³/mol. The van der Waals surface area contributed by atoms with E-state index in [0.717, 1.165) is 0 Å². The Morgan fingerprint density at radius 3 is 1.68 bits per heavy atom. The normalized spacial score (nSPS) is 11.0. The van der Waals surface area contributed by atoms with Gasteiger partial charge in [-0.05, 0) is 19.1 Å². The van der Waals surface area contributed by atoms with Crippen molar-refractivity contribution in [2.45, 2.75) is 19.3 Å². The van der Waals surface area contributed by atoms with Gasteiger partial charge in [0.2, 0.25) is 0 Å². The Bertz CT molecular complexity index is 481. The van der Waals surface area contributed by atoms with Crippen molar-refractivity contribution in [1.82, 2.24) is 0 Å². The average molecular weight is 332 g/mol. The van der Waals surface area contributed by atoms with Crippen LogP contribution < -0.4 is 4.74 Å². The third kappa shape index (κ3) is 8.12. The molecule has 0 radical (unpaired) electrons. The summed E-state index contributed by atoms with van der Waals surface area (Å²) in [6.45, 7) is 1.06. The fourth-order valence-electron chi connectivity index (χ4n) is 0.866. The highest BCUT2D eigenvalue weighted by Crippen LogP contribution is 2.19. The molecule has 0 amide bonds. The maximum atomic E-state index is 11.7. The first kappa shape index (κ1) is 19.7.